The van der Waals surface area contributed by atoms with E-state index in [4.69, 9.17) is 0 Å². The van der Waals surface area contributed by atoms with Crippen molar-refractivity contribution in [2.75, 3.05) is 12.3 Å². The topological polar surface area (TPSA) is 49.3 Å². The fraction of sp³-hybridized carbons (Fsp3) is 0.900. The molecule has 0 aromatic carbocycles. The van der Waals surface area contributed by atoms with Gasteiger partial charge in [0.05, 0.1) is 10.9 Å². The Morgan fingerprint density at radius 2 is 2.29 bits per heavy atom. The van der Waals surface area contributed by atoms with Crippen molar-refractivity contribution in [1.82, 2.24) is 5.32 Å². The summed E-state index contributed by atoms with van der Waals surface area (Å²) in [6.07, 6.45) is 3.34. The Morgan fingerprint density at radius 1 is 1.57 bits per heavy atom. The van der Waals surface area contributed by atoms with E-state index in [1.165, 1.54) is 6.42 Å². The van der Waals surface area contributed by atoms with Crippen molar-refractivity contribution in [3.05, 3.63) is 0 Å². The Labute approximate surface area is 89.6 Å². The number of nitrogens with one attached hydrogen (secondary N) is 1. The summed E-state index contributed by atoms with van der Waals surface area (Å²) < 4.78 is 0. The minimum absolute atomic E-state index is 0.0804. The molecule has 2 N–H and O–H groups in total. The van der Waals surface area contributed by atoms with Crippen LogP contribution in [0.1, 0.15) is 33.1 Å². The van der Waals surface area contributed by atoms with Gasteiger partial charge in [0.2, 0.25) is 5.91 Å². The van der Waals surface area contributed by atoms with Crippen LogP contribution in [0.3, 0.4) is 0 Å². The van der Waals surface area contributed by atoms with Crippen molar-refractivity contribution in [2.24, 2.45) is 0 Å². The predicted molar refractivity (Wildman–Crippen MR) is 59.4 cm³/mol. The first kappa shape index (κ1) is 11.9. The molecular weight excluding hydrogens is 198 g/mol. The van der Waals surface area contributed by atoms with Gasteiger partial charge in [0.15, 0.2) is 0 Å². The lowest BCUT2D eigenvalue weighted by atomic mass is 10.1. The molecule has 1 atom stereocenters. The fourth-order valence-corrected chi connectivity index (χ4v) is 2.59. The number of thioether (sulfide) groups is 1. The predicted octanol–water partition coefficient (Wildman–Crippen LogP) is 1.16. The number of carbonyl (C=O) groups is 1. The first-order chi connectivity index (χ1) is 6.49. The van der Waals surface area contributed by atoms with Crippen molar-refractivity contribution >= 4 is 17.7 Å². The highest BCUT2D eigenvalue weighted by Gasteiger charge is 2.23. The third kappa shape index (κ3) is 4.33. The molecule has 3 nitrogen and oxygen atoms in total. The van der Waals surface area contributed by atoms with Gasteiger partial charge in [-0.05, 0) is 32.4 Å². The third-order valence-electron chi connectivity index (χ3n) is 2.17. The summed E-state index contributed by atoms with van der Waals surface area (Å²) in [5, 5.41) is 12.3. The van der Waals surface area contributed by atoms with Crippen LogP contribution in [0, 0.1) is 0 Å². The second-order valence-corrected chi connectivity index (χ2v) is 5.70. The molecule has 0 spiro atoms. The second kappa shape index (κ2) is 5.03. The molecule has 1 unspecified atom stereocenters. The van der Waals surface area contributed by atoms with Gasteiger partial charge in [-0.25, -0.2) is 0 Å². The molecular formula is C10H19NO2S. The number of hydrogen-bond acceptors (Lipinski definition) is 3. The standard InChI is InChI=1S/C10H19NO2S/c1-10(2,13)7-11-9(12)8-5-3-4-6-14-8/h8,13H,3-7H2,1-2H3,(H,11,12). The van der Waals surface area contributed by atoms with Crippen molar-refractivity contribution in [3.63, 3.8) is 0 Å². The zero-order valence-electron chi connectivity index (χ0n) is 8.88. The first-order valence-electron chi connectivity index (χ1n) is 5.11. The third-order valence-corrected chi connectivity index (χ3v) is 3.54. The van der Waals surface area contributed by atoms with Crippen LogP contribution >= 0.6 is 11.8 Å². The van der Waals surface area contributed by atoms with Crippen LogP contribution in [-0.2, 0) is 4.79 Å². The number of aliphatic hydroxyl groups is 1. The molecule has 1 saturated heterocycles. The van der Waals surface area contributed by atoms with Gasteiger partial charge in [-0.1, -0.05) is 6.42 Å². The van der Waals surface area contributed by atoms with Crippen LogP contribution in [0.25, 0.3) is 0 Å². The summed E-state index contributed by atoms with van der Waals surface area (Å²) in [6, 6.07) is 0. The average molecular weight is 217 g/mol. The molecule has 0 saturated carbocycles. The molecule has 1 rings (SSSR count). The number of amides is 1. The summed E-state index contributed by atoms with van der Waals surface area (Å²) >= 11 is 1.73. The molecule has 4 heteroatoms. The molecule has 0 aromatic rings. The number of hydrogen-bond donors (Lipinski definition) is 2. The summed E-state index contributed by atoms with van der Waals surface area (Å²) in [7, 11) is 0. The minimum Gasteiger partial charge on any atom is -0.389 e. The van der Waals surface area contributed by atoms with E-state index in [-0.39, 0.29) is 11.2 Å². The summed E-state index contributed by atoms with van der Waals surface area (Å²) in [6.45, 7) is 3.73. The molecule has 0 aromatic heterocycles. The lowest BCUT2D eigenvalue weighted by Gasteiger charge is -2.23. The van der Waals surface area contributed by atoms with Gasteiger partial charge < -0.3 is 10.4 Å². The van der Waals surface area contributed by atoms with E-state index >= 15 is 0 Å². The molecule has 1 fully saturated rings. The van der Waals surface area contributed by atoms with Crippen LogP contribution in [-0.4, -0.2) is 34.2 Å². The highest BCUT2D eigenvalue weighted by molar-refractivity contribution is 8.00. The van der Waals surface area contributed by atoms with Crippen LogP contribution in [0.4, 0.5) is 0 Å². The summed E-state index contributed by atoms with van der Waals surface area (Å²) in [5.74, 6) is 1.16. The largest absolute Gasteiger partial charge is 0.389 e. The lowest BCUT2D eigenvalue weighted by molar-refractivity contribution is -0.121. The Hall–Kier alpha value is -0.220. The van der Waals surface area contributed by atoms with Gasteiger partial charge in [-0.3, -0.25) is 4.79 Å². The smallest absolute Gasteiger partial charge is 0.233 e. The van der Waals surface area contributed by atoms with Crippen LogP contribution in [0.5, 0.6) is 0 Å². The van der Waals surface area contributed by atoms with E-state index in [9.17, 15) is 9.90 Å². The van der Waals surface area contributed by atoms with Gasteiger partial charge in [0.25, 0.3) is 0 Å². The van der Waals surface area contributed by atoms with E-state index in [1.807, 2.05) is 0 Å². The maximum atomic E-state index is 11.6. The molecule has 1 aliphatic heterocycles. The van der Waals surface area contributed by atoms with Gasteiger partial charge in [-0.15, -0.1) is 11.8 Å². The molecule has 82 valence electrons. The zero-order valence-corrected chi connectivity index (χ0v) is 9.69. The summed E-state index contributed by atoms with van der Waals surface area (Å²) in [4.78, 5) is 11.6. The quantitative estimate of drug-likeness (QED) is 0.746. The van der Waals surface area contributed by atoms with Gasteiger partial charge in [0.1, 0.15) is 0 Å². The maximum Gasteiger partial charge on any atom is 0.233 e. The maximum absolute atomic E-state index is 11.6. The van der Waals surface area contributed by atoms with Gasteiger partial charge in [-0.2, -0.15) is 0 Å². The van der Waals surface area contributed by atoms with Crippen molar-refractivity contribution in [2.45, 2.75) is 44.0 Å². The zero-order chi connectivity index (χ0) is 10.6. The van der Waals surface area contributed by atoms with Crippen LogP contribution in [0.2, 0.25) is 0 Å². The van der Waals surface area contributed by atoms with E-state index < -0.39 is 5.60 Å². The number of carbonyl (C=O) groups excluding carboxylic acids is 1. The normalized spacial score (nSPS) is 23.2. The van der Waals surface area contributed by atoms with E-state index in [0.29, 0.717) is 6.54 Å². The van der Waals surface area contributed by atoms with Crippen molar-refractivity contribution in [3.8, 4) is 0 Å². The highest BCUT2D eigenvalue weighted by Crippen LogP contribution is 2.24. The SMILES string of the molecule is CC(C)(O)CNC(=O)C1CCCCS1. The molecule has 1 aliphatic rings. The van der Waals surface area contributed by atoms with Crippen molar-refractivity contribution in [1.29, 1.82) is 0 Å². The fourth-order valence-electron chi connectivity index (χ4n) is 1.36. The van der Waals surface area contributed by atoms with Gasteiger partial charge in [0, 0.05) is 6.54 Å². The Balaban J connectivity index is 2.27. The van der Waals surface area contributed by atoms with Crippen LogP contribution in [0.15, 0.2) is 0 Å². The first-order valence-corrected chi connectivity index (χ1v) is 6.15. The van der Waals surface area contributed by atoms with Gasteiger partial charge >= 0.3 is 0 Å². The van der Waals surface area contributed by atoms with E-state index in [1.54, 1.807) is 25.6 Å². The Bertz CT molecular complexity index is 195. The van der Waals surface area contributed by atoms with Crippen LogP contribution < -0.4 is 5.32 Å². The lowest BCUT2D eigenvalue weighted by Crippen LogP contribution is -2.42. The second-order valence-electron chi connectivity index (χ2n) is 4.39. The van der Waals surface area contributed by atoms with Crippen molar-refractivity contribution < 1.29 is 9.90 Å². The molecule has 0 bridgehead atoms. The van der Waals surface area contributed by atoms with E-state index in [2.05, 4.69) is 5.32 Å². The molecule has 0 radical (unpaired) electrons. The average Bonchev–Trinajstić information content (AvgIpc) is 2.14. The highest BCUT2D eigenvalue weighted by atomic mass is 32.2. The molecule has 0 aliphatic carbocycles. The summed E-state index contributed by atoms with van der Waals surface area (Å²) in [5.41, 5.74) is -0.811. The molecule has 1 amide bonds. The molecule has 14 heavy (non-hydrogen) atoms. The van der Waals surface area contributed by atoms with E-state index in [0.717, 1.165) is 18.6 Å². The monoisotopic (exact) mass is 217 g/mol. The minimum atomic E-state index is -0.811. The Morgan fingerprint density at radius 3 is 2.79 bits per heavy atom. The Kier molecular flexibility index (Phi) is 4.26. The molecule has 1 heterocycles. The number of rotatable bonds is 3.